The molecule has 0 aliphatic heterocycles. The van der Waals surface area contributed by atoms with E-state index in [0.29, 0.717) is 23.5 Å². The minimum atomic E-state index is -0.374. The quantitative estimate of drug-likeness (QED) is 0.896. The Hall–Kier alpha value is -1.89. The van der Waals surface area contributed by atoms with Crippen LogP contribution in [0, 0.1) is 5.82 Å². The molecule has 5 nitrogen and oxygen atoms in total. The number of hydrogen-bond acceptors (Lipinski definition) is 3. The first-order chi connectivity index (χ1) is 9.52. The maximum atomic E-state index is 13.6. The number of carbonyl (C=O) groups excluding carboxylic acids is 1. The molecule has 1 aromatic carbocycles. The molecule has 3 N–H and O–H groups in total. The van der Waals surface area contributed by atoms with E-state index in [1.807, 2.05) is 6.92 Å². The van der Waals surface area contributed by atoms with Gasteiger partial charge in [-0.15, -0.1) is 0 Å². The van der Waals surface area contributed by atoms with Crippen LogP contribution in [-0.4, -0.2) is 15.7 Å². The van der Waals surface area contributed by atoms with E-state index in [1.165, 1.54) is 16.9 Å². The van der Waals surface area contributed by atoms with Crippen LogP contribution in [0.5, 0.6) is 0 Å². The Morgan fingerprint density at radius 2 is 2.30 bits per heavy atom. The average Bonchev–Trinajstić information content (AvgIpc) is 2.80. The van der Waals surface area contributed by atoms with Gasteiger partial charge in [-0.2, -0.15) is 5.10 Å². The summed E-state index contributed by atoms with van der Waals surface area (Å²) in [4.78, 5) is 12.1. The number of rotatable bonds is 4. The summed E-state index contributed by atoms with van der Waals surface area (Å²) in [6.07, 6.45) is 1.43. The highest BCUT2D eigenvalue weighted by Gasteiger charge is 2.16. The maximum absolute atomic E-state index is 13.6. The minimum Gasteiger partial charge on any atom is -0.396 e. The normalized spacial score (nSPS) is 10.6. The molecule has 0 aliphatic rings. The Labute approximate surface area is 124 Å². The van der Waals surface area contributed by atoms with E-state index in [4.69, 9.17) is 5.73 Å². The Morgan fingerprint density at radius 1 is 1.55 bits per heavy atom. The van der Waals surface area contributed by atoms with E-state index in [9.17, 15) is 9.18 Å². The summed E-state index contributed by atoms with van der Waals surface area (Å²) in [6.45, 7) is 2.47. The van der Waals surface area contributed by atoms with Crippen LogP contribution in [-0.2, 0) is 13.1 Å². The van der Waals surface area contributed by atoms with Crippen molar-refractivity contribution in [2.45, 2.75) is 20.0 Å². The van der Waals surface area contributed by atoms with Gasteiger partial charge in [0.15, 0.2) is 0 Å². The van der Waals surface area contributed by atoms with Gasteiger partial charge in [0.25, 0.3) is 5.91 Å². The molecule has 106 valence electrons. The lowest BCUT2D eigenvalue weighted by Crippen LogP contribution is -2.27. The number of benzene rings is 1. The van der Waals surface area contributed by atoms with Crippen molar-refractivity contribution in [3.05, 3.63) is 45.9 Å². The van der Waals surface area contributed by atoms with Crippen molar-refractivity contribution >= 4 is 27.5 Å². The summed E-state index contributed by atoms with van der Waals surface area (Å²) in [6, 6.07) is 4.57. The van der Waals surface area contributed by atoms with E-state index in [2.05, 4.69) is 26.3 Å². The third-order valence-corrected chi connectivity index (χ3v) is 3.32. The van der Waals surface area contributed by atoms with E-state index in [-0.39, 0.29) is 18.3 Å². The molecule has 7 heteroatoms. The fourth-order valence-electron chi connectivity index (χ4n) is 1.83. The van der Waals surface area contributed by atoms with Crippen LogP contribution in [0.15, 0.2) is 28.9 Å². The summed E-state index contributed by atoms with van der Waals surface area (Å²) in [5.74, 6) is -0.744. The van der Waals surface area contributed by atoms with Crippen molar-refractivity contribution < 1.29 is 9.18 Å². The second-order valence-corrected chi connectivity index (χ2v) is 5.10. The monoisotopic (exact) mass is 340 g/mol. The fourth-order valence-corrected chi connectivity index (χ4v) is 2.23. The first kappa shape index (κ1) is 14.5. The number of nitrogen functional groups attached to an aromatic ring is 1. The zero-order chi connectivity index (χ0) is 14.7. The van der Waals surface area contributed by atoms with Crippen molar-refractivity contribution in [3.8, 4) is 0 Å². The molecule has 0 spiro atoms. The van der Waals surface area contributed by atoms with Gasteiger partial charge in [0, 0.05) is 23.1 Å². The van der Waals surface area contributed by atoms with Crippen LogP contribution in [0.3, 0.4) is 0 Å². The SMILES string of the molecule is CCn1ncc(N)c1C(=O)NCc1cc(Br)ccc1F. The van der Waals surface area contributed by atoms with Crippen molar-refractivity contribution in [3.63, 3.8) is 0 Å². The number of nitrogens with two attached hydrogens (primary N) is 1. The third kappa shape index (κ3) is 2.98. The number of carbonyl (C=O) groups is 1. The molecule has 0 saturated carbocycles. The molecule has 0 saturated heterocycles. The van der Waals surface area contributed by atoms with Crippen LogP contribution in [0.1, 0.15) is 23.0 Å². The first-order valence-corrected chi connectivity index (χ1v) is 6.85. The van der Waals surface area contributed by atoms with E-state index >= 15 is 0 Å². The van der Waals surface area contributed by atoms with Gasteiger partial charge in [-0.05, 0) is 25.1 Å². The number of anilines is 1. The summed E-state index contributed by atoms with van der Waals surface area (Å²) >= 11 is 3.26. The number of aryl methyl sites for hydroxylation is 1. The Balaban J connectivity index is 2.12. The number of amides is 1. The number of nitrogens with zero attached hydrogens (tertiary/aromatic N) is 2. The fraction of sp³-hybridized carbons (Fsp3) is 0.231. The largest absolute Gasteiger partial charge is 0.396 e. The molecule has 2 rings (SSSR count). The maximum Gasteiger partial charge on any atom is 0.271 e. The summed E-state index contributed by atoms with van der Waals surface area (Å²) < 4.78 is 15.8. The van der Waals surface area contributed by atoms with E-state index < -0.39 is 0 Å². The molecular formula is C13H14BrFN4O. The second-order valence-electron chi connectivity index (χ2n) is 4.18. The number of halogens is 2. The van der Waals surface area contributed by atoms with E-state index in [0.717, 1.165) is 4.47 Å². The van der Waals surface area contributed by atoms with Crippen molar-refractivity contribution in [2.24, 2.45) is 0 Å². The van der Waals surface area contributed by atoms with Gasteiger partial charge >= 0.3 is 0 Å². The van der Waals surface area contributed by atoms with Gasteiger partial charge < -0.3 is 11.1 Å². The lowest BCUT2D eigenvalue weighted by atomic mass is 10.2. The predicted molar refractivity (Wildman–Crippen MR) is 77.6 cm³/mol. The van der Waals surface area contributed by atoms with Crippen molar-refractivity contribution in [2.75, 3.05) is 5.73 Å². The van der Waals surface area contributed by atoms with Crippen molar-refractivity contribution in [1.29, 1.82) is 0 Å². The van der Waals surface area contributed by atoms with Crippen LogP contribution in [0.25, 0.3) is 0 Å². The smallest absolute Gasteiger partial charge is 0.271 e. The van der Waals surface area contributed by atoms with Crippen LogP contribution in [0.2, 0.25) is 0 Å². The van der Waals surface area contributed by atoms with Crippen molar-refractivity contribution in [1.82, 2.24) is 15.1 Å². The topological polar surface area (TPSA) is 72.9 Å². The zero-order valence-corrected chi connectivity index (χ0v) is 12.4. The highest BCUT2D eigenvalue weighted by Crippen LogP contribution is 2.16. The predicted octanol–water partition coefficient (Wildman–Crippen LogP) is 2.32. The molecule has 0 fully saturated rings. The van der Waals surface area contributed by atoms with Crippen LogP contribution in [0.4, 0.5) is 10.1 Å². The molecule has 0 unspecified atom stereocenters. The van der Waals surface area contributed by atoms with Gasteiger partial charge in [0.1, 0.15) is 11.5 Å². The molecule has 1 amide bonds. The van der Waals surface area contributed by atoms with E-state index in [1.54, 1.807) is 12.1 Å². The Kier molecular flexibility index (Phi) is 4.39. The molecule has 0 radical (unpaired) electrons. The van der Waals surface area contributed by atoms with Crippen LogP contribution < -0.4 is 11.1 Å². The molecule has 1 aromatic heterocycles. The molecule has 2 aromatic rings. The van der Waals surface area contributed by atoms with Gasteiger partial charge in [-0.1, -0.05) is 15.9 Å². The molecule has 0 bridgehead atoms. The molecule has 1 heterocycles. The highest BCUT2D eigenvalue weighted by atomic mass is 79.9. The van der Waals surface area contributed by atoms with Crippen LogP contribution >= 0.6 is 15.9 Å². The first-order valence-electron chi connectivity index (χ1n) is 6.06. The second kappa shape index (κ2) is 6.04. The van der Waals surface area contributed by atoms with Gasteiger partial charge in [0.05, 0.1) is 11.9 Å². The summed E-state index contributed by atoms with van der Waals surface area (Å²) in [7, 11) is 0. The zero-order valence-electron chi connectivity index (χ0n) is 10.9. The minimum absolute atomic E-state index is 0.0818. The standard InChI is InChI=1S/C13H14BrFN4O/c1-2-19-12(11(16)7-18-19)13(20)17-6-8-5-9(14)3-4-10(8)15/h3-5,7H,2,6,16H2,1H3,(H,17,20). The third-order valence-electron chi connectivity index (χ3n) is 2.83. The van der Waals surface area contributed by atoms with Gasteiger partial charge in [-0.3, -0.25) is 9.48 Å². The lowest BCUT2D eigenvalue weighted by molar-refractivity contribution is 0.0941. The molecule has 20 heavy (non-hydrogen) atoms. The average molecular weight is 341 g/mol. The molecule has 0 aliphatic carbocycles. The highest BCUT2D eigenvalue weighted by molar-refractivity contribution is 9.10. The van der Waals surface area contributed by atoms with Gasteiger partial charge in [0.2, 0.25) is 0 Å². The Bertz CT molecular complexity index is 641. The van der Waals surface area contributed by atoms with Gasteiger partial charge in [-0.25, -0.2) is 4.39 Å². The lowest BCUT2D eigenvalue weighted by Gasteiger charge is -2.09. The Morgan fingerprint density at radius 3 is 3.00 bits per heavy atom. The number of nitrogens with one attached hydrogen (secondary N) is 1. The number of hydrogen-bond donors (Lipinski definition) is 2. The number of aromatic nitrogens is 2. The summed E-state index contributed by atoms with van der Waals surface area (Å²) in [5.41, 5.74) is 6.71. The summed E-state index contributed by atoms with van der Waals surface area (Å²) in [5, 5.41) is 6.64. The molecule has 0 atom stereocenters. The molecular weight excluding hydrogens is 327 g/mol.